The van der Waals surface area contributed by atoms with Gasteiger partial charge in [0, 0.05) is 46.6 Å². The van der Waals surface area contributed by atoms with Gasteiger partial charge in [0.15, 0.2) is 0 Å². The molecule has 0 aliphatic carbocycles. The van der Waals surface area contributed by atoms with E-state index in [-0.39, 0.29) is 37.2 Å². The van der Waals surface area contributed by atoms with Crippen LogP contribution in [0, 0.1) is 0 Å². The highest BCUT2D eigenvalue weighted by atomic mass is 35.5. The quantitative estimate of drug-likeness (QED) is 0.230. The van der Waals surface area contributed by atoms with E-state index < -0.39 is 0 Å². The molecule has 1 aliphatic rings. The molecule has 1 saturated heterocycles. The van der Waals surface area contributed by atoms with E-state index in [1.54, 1.807) is 0 Å². The van der Waals surface area contributed by atoms with E-state index in [9.17, 15) is 0 Å². The smallest absolute Gasteiger partial charge is 0.132 e. The van der Waals surface area contributed by atoms with Crippen LogP contribution in [-0.2, 0) is 0 Å². The van der Waals surface area contributed by atoms with Crippen molar-refractivity contribution in [2.24, 2.45) is 0 Å². The monoisotopic (exact) mass is 554 g/mol. The SMILES string of the molecule is Cl.Cl.Cl.Nc1ncc(-c2c[nH]nc2C2CCNCC2)cc1-c1cc2ccc(-c3ccccc3)cc2cn1. The van der Waals surface area contributed by atoms with E-state index in [0.29, 0.717) is 11.7 Å². The van der Waals surface area contributed by atoms with Gasteiger partial charge in [-0.05, 0) is 60.6 Å². The van der Waals surface area contributed by atoms with Crippen molar-refractivity contribution < 1.29 is 0 Å². The summed E-state index contributed by atoms with van der Waals surface area (Å²) in [7, 11) is 0. The van der Waals surface area contributed by atoms with Crippen molar-refractivity contribution in [1.82, 2.24) is 25.5 Å². The molecule has 0 spiro atoms. The number of piperidine rings is 1. The van der Waals surface area contributed by atoms with E-state index in [4.69, 9.17) is 10.7 Å². The number of benzene rings is 2. The lowest BCUT2D eigenvalue weighted by Gasteiger charge is -2.22. The fourth-order valence-corrected chi connectivity index (χ4v) is 4.87. The third kappa shape index (κ3) is 5.73. The number of anilines is 1. The maximum absolute atomic E-state index is 6.32. The van der Waals surface area contributed by atoms with Crippen molar-refractivity contribution in [1.29, 1.82) is 0 Å². The molecule has 0 amide bonds. The zero-order valence-corrected chi connectivity index (χ0v) is 22.5. The van der Waals surface area contributed by atoms with Crippen LogP contribution in [0.2, 0.25) is 0 Å². The average molecular weight is 556 g/mol. The summed E-state index contributed by atoms with van der Waals surface area (Å²) in [6.07, 6.45) is 7.89. The van der Waals surface area contributed by atoms with Crippen LogP contribution >= 0.6 is 37.2 Å². The molecule has 4 heterocycles. The summed E-state index contributed by atoms with van der Waals surface area (Å²) in [5.74, 6) is 0.921. The van der Waals surface area contributed by atoms with Crippen LogP contribution in [0.1, 0.15) is 24.5 Å². The fraction of sp³-hybridized carbons (Fsp3) is 0.179. The molecule has 6 nitrogen and oxygen atoms in total. The van der Waals surface area contributed by atoms with Gasteiger partial charge in [0.05, 0.1) is 11.4 Å². The van der Waals surface area contributed by atoms with Crippen molar-refractivity contribution in [3.05, 3.63) is 84.9 Å². The molecular formula is C28H29Cl3N6. The van der Waals surface area contributed by atoms with Gasteiger partial charge in [0.1, 0.15) is 5.82 Å². The summed E-state index contributed by atoms with van der Waals surface area (Å²) in [6.45, 7) is 2.05. The van der Waals surface area contributed by atoms with Gasteiger partial charge in [-0.15, -0.1) is 37.2 Å². The van der Waals surface area contributed by atoms with Crippen LogP contribution in [0.3, 0.4) is 0 Å². The number of halogens is 3. The maximum atomic E-state index is 6.32. The molecular weight excluding hydrogens is 527 g/mol. The van der Waals surface area contributed by atoms with Gasteiger partial charge < -0.3 is 11.1 Å². The Morgan fingerprint density at radius 3 is 2.30 bits per heavy atom. The Morgan fingerprint density at radius 1 is 0.730 bits per heavy atom. The predicted octanol–water partition coefficient (Wildman–Crippen LogP) is 6.67. The van der Waals surface area contributed by atoms with E-state index in [1.807, 2.05) is 24.7 Å². The molecule has 0 radical (unpaired) electrons. The molecule has 5 aromatic rings. The van der Waals surface area contributed by atoms with Gasteiger partial charge in [-0.1, -0.05) is 42.5 Å². The van der Waals surface area contributed by atoms with Crippen LogP contribution in [0.25, 0.3) is 44.3 Å². The lowest BCUT2D eigenvalue weighted by Crippen LogP contribution is -2.27. The first kappa shape index (κ1) is 28.4. The third-order valence-corrected chi connectivity index (χ3v) is 6.73. The standard InChI is InChI=1S/C28H26N6.3ClH/c29-28-24(13-23(16-32-28)25-17-33-34-27(25)19-8-10-30-11-9-19)26-14-21-7-6-20(12-22(21)15-31-26)18-4-2-1-3-5-18;;;/h1-7,12-17,19,30H,8-11H2,(H2,29,32)(H,33,34);3*1H. The van der Waals surface area contributed by atoms with Crippen LogP contribution in [-0.4, -0.2) is 33.3 Å². The van der Waals surface area contributed by atoms with Crippen molar-refractivity contribution in [2.45, 2.75) is 18.8 Å². The highest BCUT2D eigenvalue weighted by molar-refractivity contribution is 5.90. The molecule has 0 unspecified atom stereocenters. The molecule has 4 N–H and O–H groups in total. The van der Waals surface area contributed by atoms with Crippen molar-refractivity contribution >= 4 is 53.8 Å². The molecule has 0 atom stereocenters. The number of nitrogens with two attached hydrogens (primary N) is 1. The number of aromatic amines is 1. The Hall–Kier alpha value is -3.16. The lowest BCUT2D eigenvalue weighted by molar-refractivity contribution is 0.453. The number of aromatic nitrogens is 4. The third-order valence-electron chi connectivity index (χ3n) is 6.73. The van der Waals surface area contributed by atoms with E-state index in [2.05, 4.69) is 75.1 Å². The zero-order valence-electron chi connectivity index (χ0n) is 20.1. The topological polar surface area (TPSA) is 92.5 Å². The molecule has 6 rings (SSSR count). The molecule has 0 saturated carbocycles. The lowest BCUT2D eigenvalue weighted by atomic mass is 9.90. The molecule has 0 bridgehead atoms. The van der Waals surface area contributed by atoms with Crippen LogP contribution in [0.5, 0.6) is 0 Å². The van der Waals surface area contributed by atoms with Gasteiger partial charge in [-0.3, -0.25) is 10.1 Å². The van der Waals surface area contributed by atoms with E-state index >= 15 is 0 Å². The normalized spacial score (nSPS) is 13.3. The Bertz CT molecular complexity index is 1470. The number of nitrogen functional groups attached to an aromatic ring is 1. The maximum Gasteiger partial charge on any atom is 0.132 e. The summed E-state index contributed by atoms with van der Waals surface area (Å²) in [4.78, 5) is 9.27. The number of nitrogens with zero attached hydrogens (tertiary/aromatic N) is 3. The summed E-state index contributed by atoms with van der Waals surface area (Å²) >= 11 is 0. The van der Waals surface area contributed by atoms with Crippen molar-refractivity contribution in [3.63, 3.8) is 0 Å². The Labute approximate surface area is 234 Å². The number of nitrogens with one attached hydrogen (secondary N) is 2. The number of rotatable bonds is 4. The molecule has 1 aliphatic heterocycles. The van der Waals surface area contributed by atoms with Gasteiger partial charge in [-0.25, -0.2) is 4.98 Å². The largest absolute Gasteiger partial charge is 0.383 e. The van der Waals surface area contributed by atoms with Gasteiger partial charge >= 0.3 is 0 Å². The first-order valence-electron chi connectivity index (χ1n) is 11.7. The summed E-state index contributed by atoms with van der Waals surface area (Å²) in [5.41, 5.74) is 13.6. The van der Waals surface area contributed by atoms with Gasteiger partial charge in [-0.2, -0.15) is 5.10 Å². The average Bonchev–Trinajstić information content (AvgIpc) is 3.39. The number of hydrogen-bond acceptors (Lipinski definition) is 5. The van der Waals surface area contributed by atoms with Crippen LogP contribution in [0.4, 0.5) is 5.82 Å². The van der Waals surface area contributed by atoms with Crippen LogP contribution in [0.15, 0.2) is 79.3 Å². The van der Waals surface area contributed by atoms with Crippen molar-refractivity contribution in [3.8, 4) is 33.5 Å². The highest BCUT2D eigenvalue weighted by Gasteiger charge is 2.22. The second kappa shape index (κ2) is 12.4. The molecule has 2 aromatic carbocycles. The minimum absolute atomic E-state index is 0. The number of fused-ring (bicyclic) bond motifs is 1. The minimum Gasteiger partial charge on any atom is -0.383 e. The summed E-state index contributed by atoms with van der Waals surface area (Å²) in [5, 5.41) is 13.3. The Morgan fingerprint density at radius 2 is 1.51 bits per heavy atom. The zero-order chi connectivity index (χ0) is 22.9. The Kier molecular flexibility index (Phi) is 9.51. The van der Waals surface area contributed by atoms with Crippen LogP contribution < -0.4 is 11.1 Å². The van der Waals surface area contributed by atoms with E-state index in [0.717, 1.165) is 64.8 Å². The predicted molar refractivity (Wildman–Crippen MR) is 159 cm³/mol. The summed E-state index contributed by atoms with van der Waals surface area (Å²) < 4.78 is 0. The highest BCUT2D eigenvalue weighted by Crippen LogP contribution is 2.35. The molecule has 9 heteroatoms. The second-order valence-corrected chi connectivity index (χ2v) is 8.86. The Balaban J connectivity index is 0.00000127. The minimum atomic E-state index is 0. The first-order chi connectivity index (χ1) is 16.8. The number of hydrogen-bond donors (Lipinski definition) is 3. The second-order valence-electron chi connectivity index (χ2n) is 8.86. The number of H-pyrrole nitrogens is 1. The molecule has 1 fully saturated rings. The van der Waals surface area contributed by atoms with Crippen molar-refractivity contribution in [2.75, 3.05) is 18.8 Å². The number of pyridine rings is 2. The fourth-order valence-electron chi connectivity index (χ4n) is 4.87. The molecule has 37 heavy (non-hydrogen) atoms. The van der Waals surface area contributed by atoms with E-state index in [1.165, 1.54) is 11.1 Å². The van der Waals surface area contributed by atoms with Gasteiger partial charge in [0.2, 0.25) is 0 Å². The first-order valence-corrected chi connectivity index (χ1v) is 11.7. The van der Waals surface area contributed by atoms with Gasteiger partial charge in [0.25, 0.3) is 0 Å². The summed E-state index contributed by atoms with van der Waals surface area (Å²) in [6, 6.07) is 21.0. The molecule has 192 valence electrons. The molecule has 3 aromatic heterocycles.